The molecule has 34 heavy (non-hydrogen) atoms. The van der Waals surface area contributed by atoms with Gasteiger partial charge in [-0.25, -0.2) is 8.42 Å². The molecule has 0 saturated heterocycles. The summed E-state index contributed by atoms with van der Waals surface area (Å²) >= 11 is 24.7. The average molecular weight is 569 g/mol. The van der Waals surface area contributed by atoms with Crippen molar-refractivity contribution in [3.05, 3.63) is 62.1 Å². The first-order valence-corrected chi connectivity index (χ1v) is 13.5. The van der Waals surface area contributed by atoms with Crippen LogP contribution >= 0.6 is 46.4 Å². The normalized spacial score (nSPS) is 12.4. The minimum absolute atomic E-state index is 0.113. The maximum Gasteiger partial charge on any atom is 0.244 e. The van der Waals surface area contributed by atoms with Gasteiger partial charge in [-0.15, -0.1) is 0 Å². The lowest BCUT2D eigenvalue weighted by molar-refractivity contribution is -0.139. The molecule has 7 nitrogen and oxygen atoms in total. The first kappa shape index (κ1) is 28.5. The van der Waals surface area contributed by atoms with E-state index in [9.17, 15) is 18.0 Å². The first-order chi connectivity index (χ1) is 15.7. The van der Waals surface area contributed by atoms with Crippen LogP contribution in [0, 0.1) is 0 Å². The summed E-state index contributed by atoms with van der Waals surface area (Å²) in [6.07, 6.45) is 0.958. The number of carbonyl (C=O) groups is 2. The Kier molecular flexibility index (Phi) is 9.91. The van der Waals surface area contributed by atoms with Crippen molar-refractivity contribution >= 4 is 73.9 Å². The largest absolute Gasteiger partial charge is 0.352 e. The third-order valence-corrected chi connectivity index (χ3v) is 7.09. The fourth-order valence-corrected chi connectivity index (χ4v) is 5.00. The highest BCUT2D eigenvalue weighted by atomic mass is 35.5. The van der Waals surface area contributed by atoms with E-state index in [1.54, 1.807) is 39.0 Å². The molecule has 1 N–H and O–H groups in total. The van der Waals surface area contributed by atoms with Crippen molar-refractivity contribution in [2.75, 3.05) is 17.1 Å². The smallest absolute Gasteiger partial charge is 0.244 e. The monoisotopic (exact) mass is 567 g/mol. The summed E-state index contributed by atoms with van der Waals surface area (Å²) in [5.41, 5.74) is 0.545. The summed E-state index contributed by atoms with van der Waals surface area (Å²) in [5, 5.41) is 3.78. The molecule has 0 aliphatic rings. The summed E-state index contributed by atoms with van der Waals surface area (Å²) in [6.45, 7) is 4.40. The third-order valence-electron chi connectivity index (χ3n) is 4.80. The molecule has 0 heterocycles. The highest BCUT2D eigenvalue weighted by molar-refractivity contribution is 7.92. The summed E-state index contributed by atoms with van der Waals surface area (Å²) in [7, 11) is -3.92. The summed E-state index contributed by atoms with van der Waals surface area (Å²) in [4.78, 5) is 27.5. The van der Waals surface area contributed by atoms with Gasteiger partial charge in [-0.05, 0) is 51.1 Å². The van der Waals surface area contributed by atoms with Crippen molar-refractivity contribution in [2.24, 2.45) is 0 Å². The predicted octanol–water partition coefficient (Wildman–Crippen LogP) is 5.01. The molecule has 0 bridgehead atoms. The van der Waals surface area contributed by atoms with Gasteiger partial charge in [0.05, 0.1) is 11.9 Å². The van der Waals surface area contributed by atoms with Gasteiger partial charge in [0, 0.05) is 38.2 Å². The second-order valence-corrected chi connectivity index (χ2v) is 11.6. The summed E-state index contributed by atoms with van der Waals surface area (Å²) < 4.78 is 26.0. The van der Waals surface area contributed by atoms with Gasteiger partial charge in [0.1, 0.15) is 12.6 Å². The lowest BCUT2D eigenvalue weighted by Gasteiger charge is -2.32. The van der Waals surface area contributed by atoms with Gasteiger partial charge in [-0.3, -0.25) is 13.9 Å². The molecule has 0 spiro atoms. The molecule has 2 aromatic rings. The standard InChI is InChI=1S/C22H25Cl4N3O4S/c1-13(2)27-22(31)14(3)28(11-18-19(25)6-5-7-20(18)26)21(30)12-29(34(4,32)33)17-9-15(23)8-16(24)10-17/h5-10,13-14H,11-12H2,1-4H3,(H,27,31)/t14-/m1/s1. The van der Waals surface area contributed by atoms with Crippen LogP contribution in [-0.2, 0) is 26.2 Å². The number of benzene rings is 2. The van der Waals surface area contributed by atoms with Crippen LogP contribution in [0.1, 0.15) is 26.3 Å². The number of nitrogens with one attached hydrogen (secondary N) is 1. The zero-order chi connectivity index (χ0) is 25.8. The Balaban J connectivity index is 2.48. The van der Waals surface area contributed by atoms with Gasteiger partial charge in [-0.1, -0.05) is 52.5 Å². The molecule has 0 aromatic heterocycles. The number of amides is 2. The second-order valence-electron chi connectivity index (χ2n) is 7.96. The van der Waals surface area contributed by atoms with Gasteiger partial charge in [0.2, 0.25) is 21.8 Å². The fraction of sp³-hybridized carbons (Fsp3) is 0.364. The average Bonchev–Trinajstić information content (AvgIpc) is 2.69. The SMILES string of the molecule is CC(C)NC(=O)[C@@H](C)N(Cc1c(Cl)cccc1Cl)C(=O)CN(c1cc(Cl)cc(Cl)c1)S(C)(=O)=O. The molecule has 2 amide bonds. The molecule has 0 aliphatic heterocycles. The number of rotatable bonds is 9. The number of nitrogens with zero attached hydrogens (tertiary/aromatic N) is 2. The predicted molar refractivity (Wildman–Crippen MR) is 138 cm³/mol. The van der Waals surface area contributed by atoms with Crippen molar-refractivity contribution < 1.29 is 18.0 Å². The van der Waals surface area contributed by atoms with Gasteiger partial charge < -0.3 is 10.2 Å². The highest BCUT2D eigenvalue weighted by Gasteiger charge is 2.31. The maximum atomic E-state index is 13.5. The molecule has 186 valence electrons. The number of anilines is 1. The Morgan fingerprint density at radius 1 is 0.971 bits per heavy atom. The lowest BCUT2D eigenvalue weighted by Crippen LogP contribution is -2.52. The van der Waals surface area contributed by atoms with E-state index in [1.165, 1.54) is 23.1 Å². The molecule has 0 saturated carbocycles. The number of halogens is 4. The lowest BCUT2D eigenvalue weighted by atomic mass is 10.1. The van der Waals surface area contributed by atoms with E-state index in [2.05, 4.69) is 5.32 Å². The van der Waals surface area contributed by atoms with E-state index < -0.39 is 34.4 Å². The Morgan fingerprint density at radius 3 is 1.97 bits per heavy atom. The number of carbonyl (C=O) groups excluding carboxylic acids is 2. The zero-order valence-corrected chi connectivity index (χ0v) is 22.8. The Bertz CT molecular complexity index is 1130. The van der Waals surface area contributed by atoms with Crippen molar-refractivity contribution in [3.63, 3.8) is 0 Å². The molecule has 1 atom stereocenters. The van der Waals surface area contributed by atoms with E-state index in [0.29, 0.717) is 15.6 Å². The molecular weight excluding hydrogens is 544 g/mol. The highest BCUT2D eigenvalue weighted by Crippen LogP contribution is 2.29. The molecular formula is C22H25Cl4N3O4S. The molecule has 12 heteroatoms. The van der Waals surface area contributed by atoms with Gasteiger partial charge in [0.15, 0.2) is 0 Å². The Labute approximate surface area is 220 Å². The molecule has 2 rings (SSSR count). The number of hydrogen-bond acceptors (Lipinski definition) is 4. The van der Waals surface area contributed by atoms with Crippen LogP contribution in [0.5, 0.6) is 0 Å². The summed E-state index contributed by atoms with van der Waals surface area (Å²) in [6, 6.07) is 7.96. The van der Waals surface area contributed by atoms with Crippen molar-refractivity contribution in [1.29, 1.82) is 0 Å². The van der Waals surface area contributed by atoms with E-state index in [1.807, 2.05) is 0 Å². The van der Waals surface area contributed by atoms with Crippen LogP contribution in [0.4, 0.5) is 5.69 Å². The molecule has 0 fully saturated rings. The van der Waals surface area contributed by atoms with Crippen LogP contribution in [-0.4, -0.2) is 50.0 Å². The molecule has 2 aromatic carbocycles. The quantitative estimate of drug-likeness (QED) is 0.461. The van der Waals surface area contributed by atoms with Crippen molar-refractivity contribution in [3.8, 4) is 0 Å². The first-order valence-electron chi connectivity index (χ1n) is 10.2. The fourth-order valence-electron chi connectivity index (χ4n) is 3.14. The van der Waals surface area contributed by atoms with Crippen LogP contribution in [0.15, 0.2) is 36.4 Å². The topological polar surface area (TPSA) is 86.8 Å². The van der Waals surface area contributed by atoms with Crippen LogP contribution in [0.25, 0.3) is 0 Å². The van der Waals surface area contributed by atoms with Gasteiger partial charge in [0.25, 0.3) is 0 Å². The van der Waals surface area contributed by atoms with Crippen molar-refractivity contribution in [2.45, 2.75) is 39.4 Å². The zero-order valence-electron chi connectivity index (χ0n) is 19.0. The van der Waals surface area contributed by atoms with E-state index in [0.717, 1.165) is 10.6 Å². The van der Waals surface area contributed by atoms with Crippen LogP contribution < -0.4 is 9.62 Å². The van der Waals surface area contributed by atoms with Crippen LogP contribution in [0.2, 0.25) is 20.1 Å². The Morgan fingerprint density at radius 2 is 1.50 bits per heavy atom. The molecule has 0 radical (unpaired) electrons. The van der Waals surface area contributed by atoms with E-state index in [-0.39, 0.29) is 28.3 Å². The molecule has 0 aliphatic carbocycles. The Hall–Kier alpha value is -1.71. The van der Waals surface area contributed by atoms with E-state index >= 15 is 0 Å². The van der Waals surface area contributed by atoms with Gasteiger partial charge >= 0.3 is 0 Å². The van der Waals surface area contributed by atoms with E-state index in [4.69, 9.17) is 46.4 Å². The van der Waals surface area contributed by atoms with Crippen LogP contribution in [0.3, 0.4) is 0 Å². The minimum Gasteiger partial charge on any atom is -0.352 e. The van der Waals surface area contributed by atoms with Gasteiger partial charge in [-0.2, -0.15) is 0 Å². The van der Waals surface area contributed by atoms with Crippen molar-refractivity contribution in [1.82, 2.24) is 10.2 Å². The maximum absolute atomic E-state index is 13.5. The molecule has 0 unspecified atom stereocenters. The minimum atomic E-state index is -3.92. The summed E-state index contributed by atoms with van der Waals surface area (Å²) in [5.74, 6) is -1.06. The third kappa shape index (κ3) is 7.65. The number of hydrogen-bond donors (Lipinski definition) is 1. The second kappa shape index (κ2) is 11.8. The number of sulfonamides is 1.